The average molecular weight is 453 g/mol. The van der Waals surface area contributed by atoms with Crippen molar-refractivity contribution in [2.24, 2.45) is 0 Å². The monoisotopic (exact) mass is 452 g/mol. The summed E-state index contributed by atoms with van der Waals surface area (Å²) < 4.78 is 0. The third-order valence-corrected chi connectivity index (χ3v) is 7.33. The molecule has 2 aromatic rings. The Bertz CT molecular complexity index is 931. The van der Waals surface area contributed by atoms with Gasteiger partial charge >= 0.3 is 0 Å². The van der Waals surface area contributed by atoms with Crippen LogP contribution in [0.4, 0.5) is 5.69 Å². The van der Waals surface area contributed by atoms with E-state index in [0.29, 0.717) is 12.1 Å². The fourth-order valence-corrected chi connectivity index (χ4v) is 5.41. The first-order chi connectivity index (χ1) is 15.6. The molecule has 2 N–H and O–H groups in total. The van der Waals surface area contributed by atoms with Gasteiger partial charge in [0, 0.05) is 23.5 Å². The van der Waals surface area contributed by atoms with Crippen LogP contribution in [-0.4, -0.2) is 60.2 Å². The van der Waals surface area contributed by atoms with E-state index in [1.807, 2.05) is 18.2 Å². The maximum atomic E-state index is 12.7. The second kappa shape index (κ2) is 11.0. The zero-order valence-corrected chi connectivity index (χ0v) is 19.5. The van der Waals surface area contributed by atoms with Gasteiger partial charge in [0.15, 0.2) is 0 Å². The molecule has 0 radical (unpaired) electrons. The van der Waals surface area contributed by atoms with Crippen LogP contribution in [-0.2, 0) is 11.3 Å². The topological polar surface area (TPSA) is 64.7 Å². The van der Waals surface area contributed by atoms with E-state index in [9.17, 15) is 9.59 Å². The van der Waals surface area contributed by atoms with E-state index in [2.05, 4.69) is 51.7 Å². The molecule has 2 aromatic carbocycles. The van der Waals surface area contributed by atoms with Gasteiger partial charge in [0.1, 0.15) is 5.37 Å². The molecule has 2 heterocycles. The van der Waals surface area contributed by atoms with Crippen molar-refractivity contribution in [1.29, 1.82) is 0 Å². The first-order valence-electron chi connectivity index (χ1n) is 11.5. The molecule has 170 valence electrons. The Hall–Kier alpha value is -2.35. The van der Waals surface area contributed by atoms with Crippen LogP contribution in [0.2, 0.25) is 0 Å². The van der Waals surface area contributed by atoms with Crippen molar-refractivity contribution in [2.75, 3.05) is 38.5 Å². The third-order valence-electron chi connectivity index (χ3n) is 5.98. The first-order valence-corrected chi connectivity index (χ1v) is 12.3. The summed E-state index contributed by atoms with van der Waals surface area (Å²) in [6, 6.07) is 16.0. The molecule has 4 rings (SSSR count). The SMILES string of the molecule is CN(CCCNC(=O)c1ccc2c(c1)NC(=O)C(N1CCCCC1)S2)Cc1ccccc1. The highest BCUT2D eigenvalue weighted by atomic mass is 32.2. The van der Waals surface area contributed by atoms with E-state index >= 15 is 0 Å². The Labute approximate surface area is 194 Å². The van der Waals surface area contributed by atoms with Gasteiger partial charge in [-0.25, -0.2) is 0 Å². The Morgan fingerprint density at radius 2 is 1.94 bits per heavy atom. The Morgan fingerprint density at radius 3 is 2.72 bits per heavy atom. The lowest BCUT2D eigenvalue weighted by atomic mass is 10.1. The molecule has 0 saturated carbocycles. The molecule has 7 heteroatoms. The number of nitrogens with zero attached hydrogens (tertiary/aromatic N) is 2. The number of fused-ring (bicyclic) bond motifs is 1. The minimum Gasteiger partial charge on any atom is -0.352 e. The maximum absolute atomic E-state index is 12.7. The van der Waals surface area contributed by atoms with E-state index in [1.165, 1.54) is 12.0 Å². The van der Waals surface area contributed by atoms with E-state index in [1.54, 1.807) is 17.8 Å². The lowest BCUT2D eigenvalue weighted by Gasteiger charge is -2.35. The van der Waals surface area contributed by atoms with Crippen molar-refractivity contribution in [3.63, 3.8) is 0 Å². The Balaban J connectivity index is 1.25. The van der Waals surface area contributed by atoms with Gasteiger partial charge in [-0.05, 0) is 69.7 Å². The van der Waals surface area contributed by atoms with Crippen LogP contribution in [0.5, 0.6) is 0 Å². The second-order valence-corrected chi connectivity index (χ2v) is 9.72. The number of hydrogen-bond acceptors (Lipinski definition) is 5. The van der Waals surface area contributed by atoms with E-state index in [4.69, 9.17) is 0 Å². The molecule has 2 aliphatic heterocycles. The lowest BCUT2D eigenvalue weighted by Crippen LogP contribution is -2.46. The average Bonchev–Trinajstić information content (AvgIpc) is 2.82. The zero-order valence-electron chi connectivity index (χ0n) is 18.7. The van der Waals surface area contributed by atoms with Crippen LogP contribution >= 0.6 is 11.8 Å². The van der Waals surface area contributed by atoms with Gasteiger partial charge in [-0.1, -0.05) is 48.5 Å². The van der Waals surface area contributed by atoms with Gasteiger partial charge in [-0.2, -0.15) is 0 Å². The summed E-state index contributed by atoms with van der Waals surface area (Å²) in [4.78, 5) is 30.8. The molecule has 0 spiro atoms. The Kier molecular flexibility index (Phi) is 7.84. The van der Waals surface area contributed by atoms with Crippen LogP contribution in [0.3, 0.4) is 0 Å². The van der Waals surface area contributed by atoms with Crippen molar-refractivity contribution in [3.05, 3.63) is 59.7 Å². The highest BCUT2D eigenvalue weighted by Crippen LogP contribution is 2.38. The molecule has 1 atom stereocenters. The molecule has 1 saturated heterocycles. The third kappa shape index (κ3) is 5.91. The summed E-state index contributed by atoms with van der Waals surface area (Å²) in [6.07, 6.45) is 4.43. The predicted molar refractivity (Wildman–Crippen MR) is 130 cm³/mol. The van der Waals surface area contributed by atoms with Crippen molar-refractivity contribution < 1.29 is 9.59 Å². The molecular weight excluding hydrogens is 420 g/mol. The van der Waals surface area contributed by atoms with E-state index in [-0.39, 0.29) is 17.2 Å². The lowest BCUT2D eigenvalue weighted by molar-refractivity contribution is -0.118. The number of rotatable bonds is 8. The quantitative estimate of drug-likeness (QED) is 0.597. The molecule has 2 amide bonds. The summed E-state index contributed by atoms with van der Waals surface area (Å²) in [5, 5.41) is 5.85. The second-order valence-electron chi connectivity index (χ2n) is 8.60. The largest absolute Gasteiger partial charge is 0.352 e. The Morgan fingerprint density at radius 1 is 1.16 bits per heavy atom. The van der Waals surface area contributed by atoms with Gasteiger partial charge in [0.2, 0.25) is 0 Å². The number of amides is 2. The summed E-state index contributed by atoms with van der Waals surface area (Å²) in [5.74, 6) is -0.0840. The number of piperidine rings is 1. The molecule has 1 fully saturated rings. The number of carbonyl (C=O) groups excluding carboxylic acids is 2. The molecule has 2 aliphatic rings. The molecule has 1 unspecified atom stereocenters. The molecular formula is C25H32N4O2S. The number of likely N-dealkylation sites (tertiary alicyclic amines) is 1. The molecule has 32 heavy (non-hydrogen) atoms. The molecule has 0 aliphatic carbocycles. The van der Waals surface area contributed by atoms with Crippen LogP contribution < -0.4 is 10.6 Å². The first kappa shape index (κ1) is 22.8. The van der Waals surface area contributed by atoms with Crippen LogP contribution in [0.25, 0.3) is 0 Å². The van der Waals surface area contributed by atoms with E-state index < -0.39 is 0 Å². The fourth-order valence-electron chi connectivity index (χ4n) is 4.26. The molecule has 6 nitrogen and oxygen atoms in total. The van der Waals surface area contributed by atoms with Gasteiger partial charge in [-0.15, -0.1) is 0 Å². The van der Waals surface area contributed by atoms with Crippen molar-refractivity contribution in [1.82, 2.24) is 15.1 Å². The van der Waals surface area contributed by atoms with Gasteiger partial charge in [-0.3, -0.25) is 14.5 Å². The summed E-state index contributed by atoms with van der Waals surface area (Å²) in [6.45, 7) is 4.37. The molecule has 0 bridgehead atoms. The van der Waals surface area contributed by atoms with Crippen molar-refractivity contribution in [3.8, 4) is 0 Å². The number of anilines is 1. The highest BCUT2D eigenvalue weighted by molar-refractivity contribution is 8.00. The van der Waals surface area contributed by atoms with Crippen LogP contribution in [0.15, 0.2) is 53.4 Å². The summed E-state index contributed by atoms with van der Waals surface area (Å²) in [5.41, 5.74) is 2.61. The summed E-state index contributed by atoms with van der Waals surface area (Å²) >= 11 is 1.59. The highest BCUT2D eigenvalue weighted by Gasteiger charge is 2.33. The normalized spacial score (nSPS) is 18.8. The number of nitrogens with one attached hydrogen (secondary N) is 2. The number of carbonyl (C=O) groups is 2. The minimum atomic E-state index is -0.171. The maximum Gasteiger partial charge on any atom is 0.252 e. The van der Waals surface area contributed by atoms with Crippen molar-refractivity contribution in [2.45, 2.75) is 42.5 Å². The van der Waals surface area contributed by atoms with Gasteiger partial charge < -0.3 is 15.5 Å². The number of hydrogen-bond donors (Lipinski definition) is 2. The summed E-state index contributed by atoms with van der Waals surface area (Å²) in [7, 11) is 2.09. The van der Waals surface area contributed by atoms with E-state index in [0.717, 1.165) is 56.0 Å². The predicted octanol–water partition coefficient (Wildman–Crippen LogP) is 3.79. The number of thioether (sulfide) groups is 1. The van der Waals surface area contributed by atoms with Crippen LogP contribution in [0, 0.1) is 0 Å². The number of benzene rings is 2. The van der Waals surface area contributed by atoms with Gasteiger partial charge in [0.25, 0.3) is 11.8 Å². The van der Waals surface area contributed by atoms with Gasteiger partial charge in [0.05, 0.1) is 5.69 Å². The standard InChI is InChI=1S/C25H32N4O2S/c1-28(18-19-9-4-2-5-10-19)14-8-13-26-23(30)20-11-12-22-21(17-20)27-24(31)25(32-22)29-15-6-3-7-16-29/h2,4-5,9-12,17,25H,3,6-8,13-16,18H2,1H3,(H,26,30)(H,27,31). The fraction of sp³-hybridized carbons (Fsp3) is 0.440. The zero-order chi connectivity index (χ0) is 22.3. The van der Waals surface area contributed by atoms with Crippen molar-refractivity contribution >= 4 is 29.3 Å². The molecule has 0 aromatic heterocycles. The van der Waals surface area contributed by atoms with Crippen LogP contribution in [0.1, 0.15) is 41.6 Å². The smallest absolute Gasteiger partial charge is 0.252 e. The minimum absolute atomic E-state index is 0.0170.